The van der Waals surface area contributed by atoms with Crippen LogP contribution in [0.15, 0.2) is 42.5 Å². The van der Waals surface area contributed by atoms with Crippen molar-refractivity contribution in [2.45, 2.75) is 33.3 Å². The zero-order valence-electron chi connectivity index (χ0n) is 15.5. The van der Waals surface area contributed by atoms with E-state index in [1.54, 1.807) is 24.3 Å². The number of carbonyl (C=O) groups excluding carboxylic acids is 2. The molecule has 2 N–H and O–H groups in total. The molecule has 0 aromatic heterocycles. The van der Waals surface area contributed by atoms with Crippen molar-refractivity contribution in [1.29, 1.82) is 0 Å². The van der Waals surface area contributed by atoms with Gasteiger partial charge in [0, 0.05) is 5.02 Å². The Hall–Kier alpha value is -2.73. The van der Waals surface area contributed by atoms with Crippen molar-refractivity contribution >= 4 is 23.4 Å². The number of hydrazine groups is 1. The standard InChI is InChI=1S/C20H23ClN2O4/c1-4-18(27-16-7-5-6-13(2)10-16)20(25)23-22-19(24)12-26-15-8-9-17(21)14(3)11-15/h5-11,18H,4,12H2,1-3H3,(H,22,24)(H,23,25). The van der Waals surface area contributed by atoms with Crippen molar-refractivity contribution < 1.29 is 19.1 Å². The number of ether oxygens (including phenoxy) is 2. The quantitative estimate of drug-likeness (QED) is 0.711. The molecule has 0 saturated heterocycles. The predicted octanol–water partition coefficient (Wildman–Crippen LogP) is 3.34. The normalized spacial score (nSPS) is 11.4. The first-order valence-corrected chi connectivity index (χ1v) is 8.97. The molecule has 1 atom stereocenters. The number of rotatable bonds is 7. The second-order valence-electron chi connectivity index (χ2n) is 6.07. The molecule has 0 aliphatic heterocycles. The fourth-order valence-electron chi connectivity index (χ4n) is 2.28. The third kappa shape index (κ3) is 6.49. The summed E-state index contributed by atoms with van der Waals surface area (Å²) < 4.78 is 11.1. The molecule has 0 spiro atoms. The molecule has 0 bridgehead atoms. The van der Waals surface area contributed by atoms with E-state index in [1.807, 2.05) is 39.0 Å². The molecule has 2 aromatic carbocycles. The van der Waals surface area contributed by atoms with Crippen LogP contribution in [0.3, 0.4) is 0 Å². The van der Waals surface area contributed by atoms with Crippen LogP contribution in [0.5, 0.6) is 11.5 Å². The van der Waals surface area contributed by atoms with E-state index in [0.717, 1.165) is 11.1 Å². The summed E-state index contributed by atoms with van der Waals surface area (Å²) in [7, 11) is 0. The summed E-state index contributed by atoms with van der Waals surface area (Å²) in [6, 6.07) is 12.5. The maximum atomic E-state index is 12.2. The first-order chi connectivity index (χ1) is 12.9. The Labute approximate surface area is 163 Å². The molecule has 2 rings (SSSR count). The largest absolute Gasteiger partial charge is 0.484 e. The maximum Gasteiger partial charge on any atom is 0.279 e. The topological polar surface area (TPSA) is 76.7 Å². The minimum absolute atomic E-state index is 0.239. The van der Waals surface area contributed by atoms with Crippen molar-refractivity contribution in [3.05, 3.63) is 58.6 Å². The molecular formula is C20H23ClN2O4. The molecule has 6 nitrogen and oxygen atoms in total. The zero-order valence-corrected chi connectivity index (χ0v) is 16.3. The number of halogens is 1. The smallest absolute Gasteiger partial charge is 0.279 e. The van der Waals surface area contributed by atoms with Crippen molar-refractivity contribution in [2.24, 2.45) is 0 Å². The Morgan fingerprint density at radius 3 is 2.52 bits per heavy atom. The summed E-state index contributed by atoms with van der Waals surface area (Å²) in [5.74, 6) is 0.202. The minimum atomic E-state index is -0.716. The predicted molar refractivity (Wildman–Crippen MR) is 104 cm³/mol. The minimum Gasteiger partial charge on any atom is -0.484 e. The van der Waals surface area contributed by atoms with Gasteiger partial charge in [0.25, 0.3) is 11.8 Å². The number of nitrogens with one attached hydrogen (secondary N) is 2. The number of carbonyl (C=O) groups is 2. The van der Waals surface area contributed by atoms with Crippen LogP contribution < -0.4 is 20.3 Å². The van der Waals surface area contributed by atoms with Crippen molar-refractivity contribution in [3.63, 3.8) is 0 Å². The molecular weight excluding hydrogens is 368 g/mol. The molecule has 0 radical (unpaired) electrons. The third-order valence-electron chi connectivity index (χ3n) is 3.76. The van der Waals surface area contributed by atoms with E-state index in [2.05, 4.69) is 10.9 Å². The lowest BCUT2D eigenvalue weighted by molar-refractivity contribution is -0.134. The van der Waals surface area contributed by atoms with Crippen molar-refractivity contribution in [1.82, 2.24) is 10.9 Å². The zero-order chi connectivity index (χ0) is 19.8. The van der Waals surface area contributed by atoms with E-state index in [-0.39, 0.29) is 6.61 Å². The molecule has 0 aliphatic rings. The lowest BCUT2D eigenvalue weighted by Gasteiger charge is -2.18. The van der Waals surface area contributed by atoms with E-state index in [1.165, 1.54) is 0 Å². The van der Waals surface area contributed by atoms with Gasteiger partial charge in [0.05, 0.1) is 0 Å². The summed E-state index contributed by atoms with van der Waals surface area (Å²) in [6.07, 6.45) is -0.261. The second-order valence-corrected chi connectivity index (χ2v) is 6.48. The Balaban J connectivity index is 1.80. The molecule has 0 heterocycles. The van der Waals surface area contributed by atoms with Crippen LogP contribution in [-0.2, 0) is 9.59 Å². The van der Waals surface area contributed by atoms with Gasteiger partial charge in [0.1, 0.15) is 11.5 Å². The number of benzene rings is 2. The highest BCUT2D eigenvalue weighted by molar-refractivity contribution is 6.31. The number of aryl methyl sites for hydroxylation is 2. The van der Waals surface area contributed by atoms with E-state index in [9.17, 15) is 9.59 Å². The Morgan fingerprint density at radius 2 is 1.85 bits per heavy atom. The highest BCUT2D eigenvalue weighted by atomic mass is 35.5. The van der Waals surface area contributed by atoms with Gasteiger partial charge in [0.2, 0.25) is 0 Å². The average Bonchev–Trinajstić information content (AvgIpc) is 2.65. The SMILES string of the molecule is CCC(Oc1cccc(C)c1)C(=O)NNC(=O)COc1ccc(Cl)c(C)c1. The lowest BCUT2D eigenvalue weighted by Crippen LogP contribution is -2.49. The maximum absolute atomic E-state index is 12.2. The molecule has 1 unspecified atom stereocenters. The van der Waals surface area contributed by atoms with Gasteiger partial charge in [-0.1, -0.05) is 30.7 Å². The summed E-state index contributed by atoms with van der Waals surface area (Å²) in [5.41, 5.74) is 6.56. The molecule has 0 aliphatic carbocycles. The average molecular weight is 391 g/mol. The monoisotopic (exact) mass is 390 g/mol. The van der Waals surface area contributed by atoms with E-state index >= 15 is 0 Å². The molecule has 2 aromatic rings. The molecule has 27 heavy (non-hydrogen) atoms. The second kappa shape index (κ2) is 9.83. The Kier molecular flexibility index (Phi) is 7.49. The number of hydrogen-bond acceptors (Lipinski definition) is 4. The molecule has 2 amide bonds. The van der Waals surface area contributed by atoms with Gasteiger partial charge in [-0.15, -0.1) is 0 Å². The number of hydrogen-bond donors (Lipinski definition) is 2. The fourth-order valence-corrected chi connectivity index (χ4v) is 2.40. The van der Waals surface area contributed by atoms with E-state index in [4.69, 9.17) is 21.1 Å². The Bertz CT molecular complexity index is 810. The Morgan fingerprint density at radius 1 is 1.07 bits per heavy atom. The highest BCUT2D eigenvalue weighted by Gasteiger charge is 2.19. The van der Waals surface area contributed by atoms with Crippen LogP contribution in [0.1, 0.15) is 24.5 Å². The van der Waals surface area contributed by atoms with Crippen molar-refractivity contribution in [3.8, 4) is 11.5 Å². The third-order valence-corrected chi connectivity index (χ3v) is 4.18. The van der Waals surface area contributed by atoms with Gasteiger partial charge in [-0.3, -0.25) is 20.4 Å². The molecule has 0 fully saturated rings. The van der Waals surface area contributed by atoms with Gasteiger partial charge in [-0.05, 0) is 61.7 Å². The van der Waals surface area contributed by atoms with Gasteiger partial charge in [-0.25, -0.2) is 0 Å². The first kappa shape index (κ1) is 20.6. The van der Waals surface area contributed by atoms with E-state index in [0.29, 0.717) is 22.9 Å². The summed E-state index contributed by atoms with van der Waals surface area (Å²) in [6.45, 7) is 5.37. The summed E-state index contributed by atoms with van der Waals surface area (Å²) >= 11 is 5.94. The van der Waals surface area contributed by atoms with Crippen molar-refractivity contribution in [2.75, 3.05) is 6.61 Å². The van der Waals surface area contributed by atoms with Crippen LogP contribution in [0.4, 0.5) is 0 Å². The summed E-state index contributed by atoms with van der Waals surface area (Å²) in [4.78, 5) is 24.1. The van der Waals surface area contributed by atoms with Crippen LogP contribution in [-0.4, -0.2) is 24.5 Å². The molecule has 7 heteroatoms. The van der Waals surface area contributed by atoms with Gasteiger partial charge in [0.15, 0.2) is 12.7 Å². The lowest BCUT2D eigenvalue weighted by atomic mass is 10.2. The van der Waals surface area contributed by atoms with Gasteiger partial charge < -0.3 is 9.47 Å². The fraction of sp³-hybridized carbons (Fsp3) is 0.300. The number of amides is 2. The van der Waals surface area contributed by atoms with Gasteiger partial charge >= 0.3 is 0 Å². The first-order valence-electron chi connectivity index (χ1n) is 8.60. The van der Waals surface area contributed by atoms with Crippen LogP contribution in [0.25, 0.3) is 0 Å². The highest BCUT2D eigenvalue weighted by Crippen LogP contribution is 2.20. The van der Waals surface area contributed by atoms with Gasteiger partial charge in [-0.2, -0.15) is 0 Å². The van der Waals surface area contributed by atoms with Crippen LogP contribution in [0, 0.1) is 13.8 Å². The molecule has 0 saturated carbocycles. The summed E-state index contributed by atoms with van der Waals surface area (Å²) in [5, 5.41) is 0.623. The van der Waals surface area contributed by atoms with Crippen LogP contribution in [0.2, 0.25) is 5.02 Å². The van der Waals surface area contributed by atoms with E-state index < -0.39 is 17.9 Å². The van der Waals surface area contributed by atoms with Crippen LogP contribution >= 0.6 is 11.6 Å². The molecule has 144 valence electrons.